The van der Waals surface area contributed by atoms with E-state index in [4.69, 9.17) is 22.1 Å². The summed E-state index contributed by atoms with van der Waals surface area (Å²) in [6.45, 7) is 31.9. The summed E-state index contributed by atoms with van der Waals surface area (Å²) in [4.78, 5) is 10.3. The monoisotopic (exact) mass is 754 g/mol. The number of thiol groups is 1. The maximum absolute atomic E-state index is 10.3. The maximum Gasteiger partial charge on any atom is 0.222 e. The Bertz CT molecular complexity index is 1470. The average molecular weight is 754 g/mol. The largest absolute Gasteiger partial charge is 0.495 e. The number of fused-ring (bicyclic) bond motifs is 3. The molecular weight excluding hydrogens is 679 g/mol. The number of nitrogens with one attached hydrogen (secondary N) is 3. The van der Waals surface area contributed by atoms with Crippen molar-refractivity contribution < 1.29 is 14.3 Å². The van der Waals surface area contributed by atoms with Crippen molar-refractivity contribution in [2.45, 2.75) is 150 Å². The van der Waals surface area contributed by atoms with Gasteiger partial charge in [-0.2, -0.15) is 17.7 Å². The predicted octanol–water partition coefficient (Wildman–Crippen LogP) is 9.97. The predicted molar refractivity (Wildman–Crippen MR) is 222 cm³/mol. The van der Waals surface area contributed by atoms with Crippen molar-refractivity contribution in [2.24, 2.45) is 62.1 Å². The van der Waals surface area contributed by atoms with Gasteiger partial charge in [0.05, 0.1) is 26.0 Å². The number of carbonyl (C=O) groups excluding carboxylic acids is 1. The van der Waals surface area contributed by atoms with Crippen LogP contribution in [0.2, 0.25) is 0 Å². The van der Waals surface area contributed by atoms with E-state index in [2.05, 4.69) is 141 Å². The van der Waals surface area contributed by atoms with Gasteiger partial charge in [-0.25, -0.2) is 5.43 Å². The van der Waals surface area contributed by atoms with Crippen LogP contribution < -0.4 is 16.1 Å². The molecule has 0 aromatic carbocycles. The molecule has 0 radical (unpaired) electrons. The normalized spacial score (nSPS) is 38.5. The first-order valence-corrected chi connectivity index (χ1v) is 20.9. The van der Waals surface area contributed by atoms with E-state index in [1.165, 1.54) is 45.2 Å². The van der Waals surface area contributed by atoms with Crippen LogP contribution in [0, 0.1) is 51.8 Å². The number of rotatable bonds is 12. The fraction of sp³-hybridized carbons (Fsp3) is 0.795. The van der Waals surface area contributed by atoms with Gasteiger partial charge in [0, 0.05) is 28.0 Å². The Morgan fingerprint density at radius 3 is 2.40 bits per heavy atom. The Morgan fingerprint density at radius 1 is 1.17 bits per heavy atom. The minimum absolute atomic E-state index is 0.0221. The number of hydrogen-bond donors (Lipinski definition) is 4. The number of allylic oxidation sites excluding steroid dienone is 3. The van der Waals surface area contributed by atoms with Crippen LogP contribution in [0.5, 0.6) is 0 Å². The van der Waals surface area contributed by atoms with Crippen LogP contribution in [0.25, 0.3) is 0 Å². The summed E-state index contributed by atoms with van der Waals surface area (Å²) in [5.41, 5.74) is 5.96. The molecule has 1 amide bonds. The summed E-state index contributed by atoms with van der Waals surface area (Å²) in [5.74, 6) is 3.29. The summed E-state index contributed by atoms with van der Waals surface area (Å²) in [5, 5.41) is 12.7. The molecule has 5 unspecified atom stereocenters. The molecule has 8 nitrogen and oxygen atoms in total. The first-order chi connectivity index (χ1) is 24.7. The van der Waals surface area contributed by atoms with Crippen molar-refractivity contribution >= 4 is 18.5 Å². The van der Waals surface area contributed by atoms with Crippen molar-refractivity contribution in [3.05, 3.63) is 48.0 Å². The van der Waals surface area contributed by atoms with E-state index in [-0.39, 0.29) is 44.1 Å². The van der Waals surface area contributed by atoms with Crippen LogP contribution in [-0.4, -0.2) is 48.6 Å². The molecule has 1 aliphatic heterocycles. The molecule has 53 heavy (non-hydrogen) atoms. The van der Waals surface area contributed by atoms with Crippen molar-refractivity contribution in [3.8, 4) is 0 Å². The number of amides is 1. The zero-order valence-electron chi connectivity index (χ0n) is 35.8. The molecule has 3 N–H and O–H groups in total. The third kappa shape index (κ3) is 7.58. The summed E-state index contributed by atoms with van der Waals surface area (Å²) >= 11 is 5.88. The average Bonchev–Trinajstić information content (AvgIpc) is 3.09. The van der Waals surface area contributed by atoms with Crippen LogP contribution >= 0.6 is 12.6 Å². The zero-order chi connectivity index (χ0) is 39.8. The molecule has 10 atom stereocenters. The van der Waals surface area contributed by atoms with Crippen LogP contribution in [0.15, 0.2) is 58.4 Å². The maximum atomic E-state index is 10.3. The molecule has 3 fully saturated rings. The summed E-state index contributed by atoms with van der Waals surface area (Å²) in [6, 6.07) is 0. The van der Waals surface area contributed by atoms with Gasteiger partial charge in [0.2, 0.25) is 5.91 Å². The third-order valence-electron chi connectivity index (χ3n) is 15.5. The van der Waals surface area contributed by atoms with E-state index in [9.17, 15) is 4.79 Å². The molecule has 1 heterocycles. The minimum Gasteiger partial charge on any atom is -0.495 e. The number of nitrogens with zero attached hydrogens (tertiary/aromatic N) is 2. The highest BCUT2D eigenvalue weighted by atomic mass is 32.1. The lowest BCUT2D eigenvalue weighted by Gasteiger charge is -2.69. The molecule has 4 aliphatic carbocycles. The lowest BCUT2D eigenvalue weighted by atomic mass is 9.39. The van der Waals surface area contributed by atoms with Crippen LogP contribution in [-0.2, 0) is 14.3 Å². The number of carbonyl (C=O) groups is 1. The number of ether oxygens (including phenoxy) is 2. The molecule has 2 bridgehead atoms. The lowest BCUT2D eigenvalue weighted by molar-refractivity contribution is -0.175. The second-order valence-corrected chi connectivity index (χ2v) is 19.7. The highest BCUT2D eigenvalue weighted by molar-refractivity contribution is 7.82. The van der Waals surface area contributed by atoms with Gasteiger partial charge in [-0.1, -0.05) is 91.8 Å². The van der Waals surface area contributed by atoms with Gasteiger partial charge in [0.1, 0.15) is 11.4 Å². The van der Waals surface area contributed by atoms with Crippen molar-refractivity contribution in [1.29, 1.82) is 0 Å². The van der Waals surface area contributed by atoms with Gasteiger partial charge >= 0.3 is 0 Å². The van der Waals surface area contributed by atoms with Gasteiger partial charge < -0.3 is 20.1 Å². The van der Waals surface area contributed by atoms with Crippen molar-refractivity contribution in [1.82, 2.24) is 16.1 Å². The summed E-state index contributed by atoms with van der Waals surface area (Å²) in [7, 11) is 3.59. The van der Waals surface area contributed by atoms with Crippen molar-refractivity contribution in [3.63, 3.8) is 0 Å². The molecular formula is C44H75N5O3S. The van der Waals surface area contributed by atoms with Gasteiger partial charge in [0.15, 0.2) is 0 Å². The smallest absolute Gasteiger partial charge is 0.222 e. The second kappa shape index (κ2) is 16.2. The molecule has 5 rings (SSSR count). The first-order valence-electron chi connectivity index (χ1n) is 20.4. The van der Waals surface area contributed by atoms with E-state index < -0.39 is 0 Å². The van der Waals surface area contributed by atoms with E-state index in [1.54, 1.807) is 5.57 Å². The van der Waals surface area contributed by atoms with Gasteiger partial charge in [0.25, 0.3) is 0 Å². The topological polar surface area (TPSA) is 96.3 Å². The highest BCUT2D eigenvalue weighted by Crippen LogP contribution is 2.73. The first kappa shape index (κ1) is 43.6. The molecule has 3 saturated carbocycles. The number of likely N-dealkylation sites (N-methyl/N-ethyl adjacent to an activating group) is 1. The van der Waals surface area contributed by atoms with Crippen LogP contribution in [0.4, 0.5) is 0 Å². The Kier molecular flexibility index (Phi) is 13.3. The minimum atomic E-state index is -0.191. The summed E-state index contributed by atoms with van der Waals surface area (Å²) < 4.78 is 13.5. The Balaban J connectivity index is 0.000000550. The molecule has 0 aromatic rings. The molecule has 0 aromatic heterocycles. The summed E-state index contributed by atoms with van der Waals surface area (Å²) in [6.07, 6.45) is 18.1. The highest BCUT2D eigenvalue weighted by Gasteiger charge is 2.68. The molecule has 5 aliphatic rings. The standard InChI is InChI=1S/C39H65NO2S.C5H10N4O/c1-13-29-22-34(9,33(29)41-24-36(11,40-12)26(4)5)32-15-14-30-31(39(32,43)27(6)7)16-17-37-20-21-42-38(23-37,28(8)25(2)3)19-18-35(30,37)10;1-4(7-5(2)10)8-9-6-3/h13,16,20-21,25-28,30,32-33,40,43H,14-15,17-19,22-24H2,1-12H3;1H2,2-3H3,(H,6,8)(H,7,10)/b29-13-;/t28-,30?,32?,33?,34+,35?,36+,37-,38-,39?;/m1./s1. The van der Waals surface area contributed by atoms with Gasteiger partial charge in [-0.3, -0.25) is 4.79 Å². The van der Waals surface area contributed by atoms with Crippen molar-refractivity contribution in [2.75, 3.05) is 20.7 Å². The third-order valence-corrected chi connectivity index (χ3v) is 16.6. The molecule has 300 valence electrons. The second-order valence-electron chi connectivity index (χ2n) is 18.9. The fourth-order valence-electron chi connectivity index (χ4n) is 11.1. The van der Waals surface area contributed by atoms with E-state index in [0.717, 1.165) is 25.9 Å². The van der Waals surface area contributed by atoms with Gasteiger partial charge in [-0.15, -0.1) is 0 Å². The number of hydrogen-bond acceptors (Lipinski definition) is 7. The van der Waals surface area contributed by atoms with Crippen LogP contribution in [0.1, 0.15) is 128 Å². The van der Waals surface area contributed by atoms with Crippen LogP contribution in [0.3, 0.4) is 0 Å². The van der Waals surface area contributed by atoms with Gasteiger partial charge in [-0.05, 0) is 118 Å². The SMILES string of the molecule is C/C=C1/C[C@@](C)(C2CCC3C(=CC[C@]45C=CO[C@]([C@H](C)C(C)C)(CCC34C)C5)C2(S)C(C)C)C1OC[C@](C)(NC)C(C)C.C=C(NN=NC)NC(C)=O. The van der Waals surface area contributed by atoms with E-state index in [1.807, 2.05) is 0 Å². The Labute approximate surface area is 328 Å². The molecule has 0 saturated heterocycles. The molecule has 1 spiro atoms. The molecule has 9 heteroatoms. The zero-order valence-corrected chi connectivity index (χ0v) is 36.7. The van der Waals surface area contributed by atoms with E-state index >= 15 is 0 Å². The Morgan fingerprint density at radius 2 is 1.85 bits per heavy atom. The quantitative estimate of drug-likeness (QED) is 0.0689. The fourth-order valence-corrected chi connectivity index (χ4v) is 11.8. The van der Waals surface area contributed by atoms with E-state index in [0.29, 0.717) is 41.3 Å². The lowest BCUT2D eigenvalue weighted by Crippen LogP contribution is -2.65. The Hall–Kier alpha value is -2.10.